The SMILES string of the molecule is CCC[C@H](CC(=O)C[C@@H](C)[C@@H](COCc1ccccc1)O[Si](C(C)C)(C(C)C)C(C)C)O[Si](C)(C)C(C)(C)C. The second kappa shape index (κ2) is 16.0. The molecule has 0 heterocycles. The van der Waals surface area contributed by atoms with Gasteiger partial charge in [-0.05, 0) is 52.7 Å². The van der Waals surface area contributed by atoms with Crippen molar-refractivity contribution in [1.29, 1.82) is 0 Å². The third-order valence-corrected chi connectivity index (χ3v) is 19.6. The molecule has 0 aliphatic heterocycles. The van der Waals surface area contributed by atoms with E-state index < -0.39 is 16.6 Å². The minimum Gasteiger partial charge on any atom is -0.413 e. The number of ketones is 1. The van der Waals surface area contributed by atoms with Crippen LogP contribution in [0.15, 0.2) is 30.3 Å². The first-order chi connectivity index (χ1) is 18.0. The smallest absolute Gasteiger partial charge is 0.200 e. The Hall–Kier alpha value is -0.796. The van der Waals surface area contributed by atoms with E-state index >= 15 is 0 Å². The number of hydrogen-bond acceptors (Lipinski definition) is 4. The Morgan fingerprint density at radius 1 is 0.846 bits per heavy atom. The third-order valence-electron chi connectivity index (χ3n) is 8.97. The first-order valence-corrected chi connectivity index (χ1v) is 20.5. The van der Waals surface area contributed by atoms with E-state index in [-0.39, 0.29) is 28.9 Å². The van der Waals surface area contributed by atoms with Crippen molar-refractivity contribution in [2.24, 2.45) is 5.92 Å². The summed E-state index contributed by atoms with van der Waals surface area (Å²) >= 11 is 0. The van der Waals surface area contributed by atoms with Crippen molar-refractivity contribution in [3.8, 4) is 0 Å². The van der Waals surface area contributed by atoms with E-state index in [1.54, 1.807) is 0 Å². The minimum absolute atomic E-state index is 0.000233. The summed E-state index contributed by atoms with van der Waals surface area (Å²) in [6.45, 7) is 30.7. The molecule has 0 spiro atoms. The quantitative estimate of drug-likeness (QED) is 0.163. The Bertz CT molecular complexity index is 808. The lowest BCUT2D eigenvalue weighted by molar-refractivity contribution is -0.122. The van der Waals surface area contributed by atoms with Crippen molar-refractivity contribution in [3.05, 3.63) is 35.9 Å². The maximum atomic E-state index is 13.5. The van der Waals surface area contributed by atoms with E-state index in [1.807, 2.05) is 18.2 Å². The van der Waals surface area contributed by atoms with Gasteiger partial charge in [-0.3, -0.25) is 4.79 Å². The molecular formula is C33H62O4Si2. The van der Waals surface area contributed by atoms with E-state index in [4.69, 9.17) is 13.6 Å². The highest BCUT2D eigenvalue weighted by atomic mass is 28.4. The van der Waals surface area contributed by atoms with Crippen LogP contribution < -0.4 is 0 Å². The van der Waals surface area contributed by atoms with E-state index in [2.05, 4.69) is 101 Å². The van der Waals surface area contributed by atoms with Gasteiger partial charge in [-0.15, -0.1) is 0 Å². The van der Waals surface area contributed by atoms with E-state index in [0.717, 1.165) is 18.4 Å². The molecule has 0 saturated carbocycles. The van der Waals surface area contributed by atoms with Crippen LogP contribution in [0.5, 0.6) is 0 Å². The van der Waals surface area contributed by atoms with Crippen molar-refractivity contribution >= 4 is 22.4 Å². The van der Waals surface area contributed by atoms with Gasteiger partial charge >= 0.3 is 0 Å². The average Bonchev–Trinajstić information content (AvgIpc) is 2.80. The van der Waals surface area contributed by atoms with Gasteiger partial charge in [0.1, 0.15) is 5.78 Å². The molecule has 226 valence electrons. The molecule has 0 aliphatic carbocycles. The fourth-order valence-corrected chi connectivity index (χ4v) is 12.8. The Labute approximate surface area is 244 Å². The van der Waals surface area contributed by atoms with Crippen LogP contribution in [0.4, 0.5) is 0 Å². The van der Waals surface area contributed by atoms with Gasteiger partial charge in [0.2, 0.25) is 8.32 Å². The number of hydrogen-bond donors (Lipinski definition) is 0. The Kier molecular flexibility index (Phi) is 14.9. The van der Waals surface area contributed by atoms with Gasteiger partial charge in [-0.25, -0.2) is 0 Å². The fraction of sp³-hybridized carbons (Fsp3) is 0.788. The van der Waals surface area contributed by atoms with E-state index in [1.165, 1.54) is 0 Å². The molecule has 6 heteroatoms. The van der Waals surface area contributed by atoms with Crippen LogP contribution in [0.2, 0.25) is 34.8 Å². The molecule has 1 rings (SSSR count). The van der Waals surface area contributed by atoms with Crippen molar-refractivity contribution in [2.75, 3.05) is 6.61 Å². The molecule has 0 amide bonds. The molecule has 0 saturated heterocycles. The van der Waals surface area contributed by atoms with Gasteiger partial charge in [0.05, 0.1) is 25.4 Å². The first kappa shape index (κ1) is 36.2. The molecule has 0 radical (unpaired) electrons. The third kappa shape index (κ3) is 10.8. The van der Waals surface area contributed by atoms with Gasteiger partial charge in [0.15, 0.2) is 8.32 Å². The first-order valence-electron chi connectivity index (χ1n) is 15.5. The number of carbonyl (C=O) groups is 1. The number of carbonyl (C=O) groups excluding carboxylic acids is 1. The lowest BCUT2D eigenvalue weighted by Crippen LogP contribution is -2.52. The van der Waals surface area contributed by atoms with Crippen LogP contribution in [0.1, 0.15) is 107 Å². The zero-order valence-electron chi connectivity index (χ0n) is 27.7. The maximum absolute atomic E-state index is 13.5. The molecular weight excluding hydrogens is 517 g/mol. The lowest BCUT2D eigenvalue weighted by atomic mass is 9.95. The zero-order chi connectivity index (χ0) is 30.0. The molecule has 0 aromatic heterocycles. The molecule has 0 bridgehead atoms. The second-order valence-corrected chi connectivity index (χ2v) is 24.4. The molecule has 4 nitrogen and oxygen atoms in total. The van der Waals surface area contributed by atoms with Crippen LogP contribution in [0.3, 0.4) is 0 Å². The second-order valence-electron chi connectivity index (χ2n) is 14.2. The summed E-state index contributed by atoms with van der Waals surface area (Å²) in [6, 6.07) is 10.3. The Balaban J connectivity index is 3.09. The molecule has 0 aliphatic rings. The predicted molar refractivity (Wildman–Crippen MR) is 172 cm³/mol. The highest BCUT2D eigenvalue weighted by Gasteiger charge is 2.47. The van der Waals surface area contributed by atoms with E-state index in [0.29, 0.717) is 42.7 Å². The summed E-state index contributed by atoms with van der Waals surface area (Å²) in [5.74, 6) is 0.355. The van der Waals surface area contributed by atoms with Crippen molar-refractivity contribution in [1.82, 2.24) is 0 Å². The highest BCUT2D eigenvalue weighted by Crippen LogP contribution is 2.44. The lowest BCUT2D eigenvalue weighted by Gasteiger charge is -2.45. The van der Waals surface area contributed by atoms with Gasteiger partial charge in [0, 0.05) is 12.8 Å². The summed E-state index contributed by atoms with van der Waals surface area (Å²) in [5.41, 5.74) is 2.59. The normalized spacial score (nSPS) is 15.7. The van der Waals surface area contributed by atoms with Gasteiger partial charge < -0.3 is 13.6 Å². The topological polar surface area (TPSA) is 44.8 Å². The monoisotopic (exact) mass is 578 g/mol. The number of ether oxygens (including phenoxy) is 1. The molecule has 39 heavy (non-hydrogen) atoms. The van der Waals surface area contributed by atoms with Crippen molar-refractivity contribution in [2.45, 2.75) is 155 Å². The van der Waals surface area contributed by atoms with Crippen LogP contribution in [-0.2, 0) is 25.0 Å². The molecule has 1 aromatic carbocycles. The van der Waals surface area contributed by atoms with Gasteiger partial charge in [0.25, 0.3) is 0 Å². The summed E-state index contributed by atoms with van der Waals surface area (Å²) in [7, 11) is -4.09. The summed E-state index contributed by atoms with van der Waals surface area (Å²) in [6.07, 6.45) is 2.83. The zero-order valence-corrected chi connectivity index (χ0v) is 29.7. The average molecular weight is 579 g/mol. The van der Waals surface area contributed by atoms with Gasteiger partial charge in [-0.2, -0.15) is 0 Å². The van der Waals surface area contributed by atoms with Gasteiger partial charge in [-0.1, -0.05) is 113 Å². The number of Topliss-reactive ketones (excluding diaryl/α,β-unsaturated/α-hetero) is 1. The Morgan fingerprint density at radius 2 is 1.38 bits per heavy atom. The number of benzene rings is 1. The number of rotatable bonds is 18. The van der Waals surface area contributed by atoms with E-state index in [9.17, 15) is 4.79 Å². The molecule has 1 aromatic rings. The van der Waals surface area contributed by atoms with Crippen LogP contribution in [0, 0.1) is 5.92 Å². The largest absolute Gasteiger partial charge is 0.413 e. The summed E-state index contributed by atoms with van der Waals surface area (Å²) in [4.78, 5) is 13.5. The minimum atomic E-state index is -2.14. The van der Waals surface area contributed by atoms with Crippen LogP contribution >= 0.6 is 0 Å². The fourth-order valence-electron chi connectivity index (χ4n) is 5.80. The maximum Gasteiger partial charge on any atom is 0.200 e. The summed E-state index contributed by atoms with van der Waals surface area (Å²) in [5, 5.41) is 0.128. The molecule has 0 N–H and O–H groups in total. The van der Waals surface area contributed by atoms with Crippen LogP contribution in [0.25, 0.3) is 0 Å². The van der Waals surface area contributed by atoms with Crippen molar-refractivity contribution < 1.29 is 18.4 Å². The molecule has 0 unspecified atom stereocenters. The molecule has 0 fully saturated rings. The Morgan fingerprint density at radius 3 is 1.85 bits per heavy atom. The standard InChI is InChI=1S/C33H62O4Si2/c1-14-18-31(36-38(12,13)33(9,10)11)22-30(34)21-28(8)32(24-35-23-29-19-16-15-17-20-29)37-39(25(2)3,26(4)5)27(6)7/h15-17,19-20,25-28,31-32H,14,18,21-24H2,1-13H3/t28-,31-,32-/m1/s1. The predicted octanol–water partition coefficient (Wildman–Crippen LogP) is 9.94. The summed E-state index contributed by atoms with van der Waals surface area (Å²) < 4.78 is 20.2. The van der Waals surface area contributed by atoms with Crippen molar-refractivity contribution in [3.63, 3.8) is 0 Å². The molecule has 3 atom stereocenters. The highest BCUT2D eigenvalue weighted by molar-refractivity contribution is 6.77. The van der Waals surface area contributed by atoms with Crippen LogP contribution in [-0.4, -0.2) is 41.2 Å².